The summed E-state index contributed by atoms with van der Waals surface area (Å²) >= 11 is 0. The van der Waals surface area contributed by atoms with E-state index in [1.807, 2.05) is 4.90 Å². The molecule has 3 N–H and O–H groups in total. The van der Waals surface area contributed by atoms with Gasteiger partial charge in [-0.15, -0.1) is 0 Å². The molecule has 1 fully saturated rings. The smallest absolute Gasteiger partial charge is 0.339 e. The molecule has 1 aromatic heterocycles. The van der Waals surface area contributed by atoms with Crippen LogP contribution in [0.2, 0.25) is 0 Å². The maximum absolute atomic E-state index is 11.3. The first-order valence-electron chi connectivity index (χ1n) is 7.04. The fourth-order valence-electron chi connectivity index (χ4n) is 2.86. The van der Waals surface area contributed by atoms with E-state index in [2.05, 4.69) is 23.7 Å². The maximum Gasteiger partial charge on any atom is 0.339 e. The summed E-state index contributed by atoms with van der Waals surface area (Å²) in [5, 5.41) is 9.29. The number of aromatic nitrogens is 1. The van der Waals surface area contributed by atoms with Crippen LogP contribution in [0, 0.1) is 0 Å². The van der Waals surface area contributed by atoms with Crippen molar-refractivity contribution < 1.29 is 9.90 Å². The minimum absolute atomic E-state index is 0.185. The molecular formula is C14H22N4O2. The molecule has 1 unspecified atom stereocenters. The Hall–Kier alpha value is -1.82. The van der Waals surface area contributed by atoms with Gasteiger partial charge < -0.3 is 15.7 Å². The molecule has 6 nitrogen and oxygen atoms in total. The first-order valence-corrected chi connectivity index (χ1v) is 7.04. The molecule has 0 aliphatic carbocycles. The first kappa shape index (κ1) is 14.6. The highest BCUT2D eigenvalue weighted by atomic mass is 16.4. The third-order valence-corrected chi connectivity index (χ3v) is 3.91. The van der Waals surface area contributed by atoms with Crippen molar-refractivity contribution >= 4 is 17.5 Å². The van der Waals surface area contributed by atoms with Crippen molar-refractivity contribution in [3.63, 3.8) is 0 Å². The van der Waals surface area contributed by atoms with Crippen molar-refractivity contribution in [3.05, 3.63) is 17.8 Å². The molecule has 110 valence electrons. The number of carboxylic acid groups (broad SMARTS) is 1. The van der Waals surface area contributed by atoms with Crippen LogP contribution in [0.5, 0.6) is 0 Å². The summed E-state index contributed by atoms with van der Waals surface area (Å²) in [5.41, 5.74) is 6.20. The van der Waals surface area contributed by atoms with E-state index in [1.54, 1.807) is 0 Å². The minimum Gasteiger partial charge on any atom is -0.478 e. The number of carbonyl (C=O) groups is 1. The van der Waals surface area contributed by atoms with Crippen LogP contribution in [0.1, 0.15) is 30.6 Å². The van der Waals surface area contributed by atoms with Crippen LogP contribution in [0.25, 0.3) is 0 Å². The van der Waals surface area contributed by atoms with E-state index in [0.717, 1.165) is 32.6 Å². The lowest BCUT2D eigenvalue weighted by atomic mass is 10.2. The fraction of sp³-hybridized carbons (Fsp3) is 0.571. The van der Waals surface area contributed by atoms with Crippen LogP contribution >= 0.6 is 0 Å². The molecule has 6 heteroatoms. The molecule has 1 saturated heterocycles. The van der Waals surface area contributed by atoms with Gasteiger partial charge in [-0.2, -0.15) is 0 Å². The van der Waals surface area contributed by atoms with E-state index in [-0.39, 0.29) is 5.56 Å². The Morgan fingerprint density at radius 3 is 2.85 bits per heavy atom. The predicted molar refractivity (Wildman–Crippen MR) is 79.1 cm³/mol. The molecular weight excluding hydrogens is 256 g/mol. The van der Waals surface area contributed by atoms with Crippen LogP contribution in [0.4, 0.5) is 11.5 Å². The highest BCUT2D eigenvalue weighted by Crippen LogP contribution is 2.25. The molecule has 2 rings (SSSR count). The number of likely N-dealkylation sites (N-methyl/N-ethyl adjacent to an activating group) is 1. The highest BCUT2D eigenvalue weighted by molar-refractivity contribution is 5.94. The summed E-state index contributed by atoms with van der Waals surface area (Å²) in [7, 11) is 0. The Bertz CT molecular complexity index is 488. The largest absolute Gasteiger partial charge is 0.478 e. The van der Waals surface area contributed by atoms with Gasteiger partial charge in [0.1, 0.15) is 11.4 Å². The fourth-order valence-corrected chi connectivity index (χ4v) is 2.86. The molecule has 1 aliphatic rings. The monoisotopic (exact) mass is 278 g/mol. The van der Waals surface area contributed by atoms with Gasteiger partial charge >= 0.3 is 5.97 Å². The van der Waals surface area contributed by atoms with Crippen LogP contribution in [-0.4, -0.2) is 53.2 Å². The van der Waals surface area contributed by atoms with E-state index >= 15 is 0 Å². The third kappa shape index (κ3) is 2.85. The van der Waals surface area contributed by atoms with Crippen molar-refractivity contribution in [1.82, 2.24) is 9.88 Å². The molecule has 0 spiro atoms. The number of pyridine rings is 1. The normalized spacial score (nSPS) is 18.8. The van der Waals surface area contributed by atoms with E-state index in [4.69, 9.17) is 5.73 Å². The van der Waals surface area contributed by atoms with E-state index in [9.17, 15) is 9.90 Å². The number of hydrogen-bond donors (Lipinski definition) is 2. The van der Waals surface area contributed by atoms with Gasteiger partial charge in [0.15, 0.2) is 0 Å². The second-order valence-corrected chi connectivity index (χ2v) is 5.05. The van der Waals surface area contributed by atoms with Gasteiger partial charge in [0.05, 0.1) is 11.9 Å². The van der Waals surface area contributed by atoms with E-state index < -0.39 is 5.97 Å². The average molecular weight is 278 g/mol. The lowest BCUT2D eigenvalue weighted by Crippen LogP contribution is -2.37. The van der Waals surface area contributed by atoms with E-state index in [0.29, 0.717) is 17.5 Å². The summed E-state index contributed by atoms with van der Waals surface area (Å²) in [5.74, 6) is -0.451. The van der Waals surface area contributed by atoms with Crippen molar-refractivity contribution in [3.8, 4) is 0 Å². The van der Waals surface area contributed by atoms with Gasteiger partial charge in [0.25, 0.3) is 0 Å². The summed E-state index contributed by atoms with van der Waals surface area (Å²) in [6.45, 7) is 7.97. The number of carboxylic acids is 1. The lowest BCUT2D eigenvalue weighted by molar-refractivity contribution is 0.0697. The number of nitrogens with zero attached hydrogens (tertiary/aromatic N) is 3. The van der Waals surface area contributed by atoms with Gasteiger partial charge in [-0.25, -0.2) is 9.78 Å². The summed E-state index contributed by atoms with van der Waals surface area (Å²) < 4.78 is 0. The average Bonchev–Trinajstić information content (AvgIpc) is 2.89. The molecule has 2 heterocycles. The highest BCUT2D eigenvalue weighted by Gasteiger charge is 2.29. The van der Waals surface area contributed by atoms with Gasteiger partial charge in [-0.05, 0) is 25.6 Å². The van der Waals surface area contributed by atoms with Crippen molar-refractivity contribution in [2.24, 2.45) is 0 Å². The van der Waals surface area contributed by atoms with Crippen molar-refractivity contribution in [2.45, 2.75) is 26.3 Å². The van der Waals surface area contributed by atoms with Crippen LogP contribution in [0.3, 0.4) is 0 Å². The number of rotatable bonds is 5. The van der Waals surface area contributed by atoms with E-state index in [1.165, 1.54) is 12.3 Å². The zero-order valence-electron chi connectivity index (χ0n) is 12.0. The standard InChI is InChI=1S/C14H22N4O2/c1-3-17(4-2)11-5-6-18(9-11)13-12(14(19)20)7-10(15)8-16-13/h7-8,11H,3-6,9,15H2,1-2H3,(H,19,20). The third-order valence-electron chi connectivity index (χ3n) is 3.91. The second-order valence-electron chi connectivity index (χ2n) is 5.05. The van der Waals surface area contributed by atoms with Gasteiger partial charge in [-0.3, -0.25) is 4.90 Å². The van der Waals surface area contributed by atoms with Crippen LogP contribution < -0.4 is 10.6 Å². The zero-order valence-corrected chi connectivity index (χ0v) is 12.0. The quantitative estimate of drug-likeness (QED) is 0.844. The summed E-state index contributed by atoms with van der Waals surface area (Å²) in [4.78, 5) is 20.0. The molecule has 0 bridgehead atoms. The minimum atomic E-state index is -0.980. The molecule has 1 aromatic rings. The second kappa shape index (κ2) is 6.09. The topological polar surface area (TPSA) is 82.7 Å². The van der Waals surface area contributed by atoms with Crippen molar-refractivity contribution in [2.75, 3.05) is 36.8 Å². The Labute approximate surface area is 119 Å². The predicted octanol–water partition coefficient (Wildman–Crippen LogP) is 1.28. The van der Waals surface area contributed by atoms with Crippen LogP contribution in [-0.2, 0) is 0 Å². The van der Waals surface area contributed by atoms with Gasteiger partial charge in [0.2, 0.25) is 0 Å². The summed E-state index contributed by atoms with van der Waals surface area (Å²) in [6, 6.07) is 1.95. The molecule has 1 aliphatic heterocycles. The number of nitrogens with two attached hydrogens (primary N) is 1. The molecule has 0 saturated carbocycles. The maximum atomic E-state index is 11.3. The van der Waals surface area contributed by atoms with Crippen molar-refractivity contribution in [1.29, 1.82) is 0 Å². The molecule has 1 atom stereocenters. The zero-order chi connectivity index (χ0) is 14.7. The molecule has 0 aromatic carbocycles. The number of hydrogen-bond acceptors (Lipinski definition) is 5. The van der Waals surface area contributed by atoms with Gasteiger partial charge in [-0.1, -0.05) is 13.8 Å². The number of anilines is 2. The molecule has 20 heavy (non-hydrogen) atoms. The SMILES string of the molecule is CCN(CC)C1CCN(c2ncc(N)cc2C(=O)O)C1. The number of nitrogen functional groups attached to an aromatic ring is 1. The molecule has 0 radical (unpaired) electrons. The Morgan fingerprint density at radius 2 is 2.25 bits per heavy atom. The first-order chi connectivity index (χ1) is 9.56. The summed E-state index contributed by atoms with van der Waals surface area (Å²) in [6.07, 6.45) is 2.55. The molecule has 0 amide bonds. The Balaban J connectivity index is 2.20. The van der Waals surface area contributed by atoms with Gasteiger partial charge in [0, 0.05) is 19.1 Å². The Kier molecular flexibility index (Phi) is 4.44. The Morgan fingerprint density at radius 1 is 1.55 bits per heavy atom. The lowest BCUT2D eigenvalue weighted by Gasteiger charge is -2.26. The van der Waals surface area contributed by atoms with Crippen LogP contribution in [0.15, 0.2) is 12.3 Å². The number of aromatic carboxylic acids is 1.